The zero-order valence-electron chi connectivity index (χ0n) is 12.2. The Morgan fingerprint density at radius 1 is 0.810 bits per heavy atom. The zero-order valence-corrected chi connectivity index (χ0v) is 13.8. The van der Waals surface area contributed by atoms with E-state index in [1.54, 1.807) is 0 Å². The molecular weight excluding hydrogens is 320 g/mol. The topological polar surface area (TPSA) is 0 Å². The molecule has 0 N–H and O–H groups in total. The first-order valence-corrected chi connectivity index (χ1v) is 8.33. The largest absolute Gasteiger partial charge is 0.0836 e. The molecule has 0 aliphatic rings. The summed E-state index contributed by atoms with van der Waals surface area (Å²) in [5, 5.41) is 2.70. The van der Waals surface area contributed by atoms with E-state index in [1.807, 2.05) is 0 Å². The van der Waals surface area contributed by atoms with Crippen molar-refractivity contribution in [3.63, 3.8) is 0 Å². The van der Waals surface area contributed by atoms with Gasteiger partial charge in [0.25, 0.3) is 0 Å². The van der Waals surface area contributed by atoms with E-state index in [4.69, 9.17) is 0 Å². The van der Waals surface area contributed by atoms with Crippen LogP contribution in [0.2, 0.25) is 0 Å². The number of fused-ring (bicyclic) bond motifs is 1. The average molecular weight is 339 g/mol. The number of rotatable bonds is 4. The summed E-state index contributed by atoms with van der Waals surface area (Å²) < 4.78 is 0. The number of hydrogen-bond donors (Lipinski definition) is 0. The van der Waals surface area contributed by atoms with E-state index >= 15 is 0 Å². The molecule has 106 valence electrons. The van der Waals surface area contributed by atoms with Gasteiger partial charge in [-0.1, -0.05) is 95.7 Å². The Morgan fingerprint density at radius 3 is 2.29 bits per heavy atom. The van der Waals surface area contributed by atoms with Gasteiger partial charge in [0.2, 0.25) is 0 Å². The van der Waals surface area contributed by atoms with Gasteiger partial charge in [-0.25, -0.2) is 0 Å². The maximum atomic E-state index is 3.87. The van der Waals surface area contributed by atoms with Crippen LogP contribution >= 0.6 is 15.9 Å². The van der Waals surface area contributed by atoms with Crippen molar-refractivity contribution in [2.24, 2.45) is 5.92 Å². The number of alkyl halides is 1. The molecule has 0 fully saturated rings. The standard InChI is InChI=1S/C20H19Br/c1-15(20(21)17-9-3-2-4-10-17)14-18-12-7-11-16-8-5-6-13-19(16)18/h2-13,15,20H,14H2,1H3. The molecule has 21 heavy (non-hydrogen) atoms. The molecular formula is C20H19Br. The highest BCUT2D eigenvalue weighted by atomic mass is 79.9. The van der Waals surface area contributed by atoms with E-state index in [0.29, 0.717) is 10.7 Å². The third kappa shape index (κ3) is 3.19. The summed E-state index contributed by atoms with van der Waals surface area (Å²) in [5.41, 5.74) is 2.78. The molecule has 2 atom stereocenters. The van der Waals surface area contributed by atoms with Crippen LogP contribution in [0.4, 0.5) is 0 Å². The summed E-state index contributed by atoms with van der Waals surface area (Å²) in [6, 6.07) is 25.9. The second-order valence-electron chi connectivity index (χ2n) is 5.63. The van der Waals surface area contributed by atoms with E-state index in [1.165, 1.54) is 21.9 Å². The molecule has 0 saturated heterocycles. The van der Waals surface area contributed by atoms with Gasteiger partial charge >= 0.3 is 0 Å². The molecule has 0 bridgehead atoms. The first-order valence-electron chi connectivity index (χ1n) is 7.41. The maximum absolute atomic E-state index is 3.87. The molecule has 0 aliphatic heterocycles. The fourth-order valence-corrected chi connectivity index (χ4v) is 3.38. The van der Waals surface area contributed by atoms with E-state index in [9.17, 15) is 0 Å². The Morgan fingerprint density at radius 2 is 1.48 bits per heavy atom. The summed E-state index contributed by atoms with van der Waals surface area (Å²) in [6.45, 7) is 2.31. The van der Waals surface area contributed by atoms with E-state index < -0.39 is 0 Å². The molecule has 3 aromatic carbocycles. The summed E-state index contributed by atoms with van der Waals surface area (Å²) in [4.78, 5) is 0.387. The molecule has 0 saturated carbocycles. The van der Waals surface area contributed by atoms with Gasteiger partial charge in [-0.3, -0.25) is 0 Å². The van der Waals surface area contributed by atoms with Gasteiger partial charge < -0.3 is 0 Å². The first-order chi connectivity index (χ1) is 10.3. The van der Waals surface area contributed by atoms with Crippen molar-refractivity contribution in [3.05, 3.63) is 83.9 Å². The van der Waals surface area contributed by atoms with Crippen molar-refractivity contribution in [1.29, 1.82) is 0 Å². The molecule has 0 nitrogen and oxygen atoms in total. The molecule has 0 amide bonds. The Kier molecular flexibility index (Phi) is 4.40. The minimum absolute atomic E-state index is 0.387. The predicted octanol–water partition coefficient (Wildman–Crippen LogP) is 6.15. The normalized spacial score (nSPS) is 14.0. The number of halogens is 1. The van der Waals surface area contributed by atoms with E-state index in [-0.39, 0.29) is 0 Å². The molecule has 3 aromatic rings. The van der Waals surface area contributed by atoms with Crippen LogP contribution in [-0.4, -0.2) is 0 Å². The predicted molar refractivity (Wildman–Crippen MR) is 94.9 cm³/mol. The monoisotopic (exact) mass is 338 g/mol. The maximum Gasteiger partial charge on any atom is 0.0424 e. The van der Waals surface area contributed by atoms with Crippen molar-refractivity contribution in [2.75, 3.05) is 0 Å². The lowest BCUT2D eigenvalue weighted by molar-refractivity contribution is 0.574. The smallest absolute Gasteiger partial charge is 0.0424 e. The van der Waals surface area contributed by atoms with Crippen molar-refractivity contribution in [2.45, 2.75) is 18.2 Å². The Hall–Kier alpha value is -1.60. The molecule has 1 heteroatoms. The quantitative estimate of drug-likeness (QED) is 0.500. The van der Waals surface area contributed by atoms with Crippen LogP contribution in [0.25, 0.3) is 10.8 Å². The first kappa shape index (κ1) is 14.3. The Bertz CT molecular complexity index is 713. The lowest BCUT2D eigenvalue weighted by Crippen LogP contribution is -2.07. The van der Waals surface area contributed by atoms with Crippen LogP contribution in [0.5, 0.6) is 0 Å². The minimum Gasteiger partial charge on any atom is -0.0836 e. The van der Waals surface area contributed by atoms with E-state index in [0.717, 1.165) is 6.42 Å². The van der Waals surface area contributed by atoms with Gasteiger partial charge in [0.15, 0.2) is 0 Å². The number of benzene rings is 3. The zero-order chi connectivity index (χ0) is 14.7. The average Bonchev–Trinajstić information content (AvgIpc) is 2.55. The second-order valence-corrected chi connectivity index (χ2v) is 6.62. The van der Waals surface area contributed by atoms with Crippen molar-refractivity contribution in [1.82, 2.24) is 0 Å². The molecule has 0 heterocycles. The van der Waals surface area contributed by atoms with Crippen LogP contribution in [0, 0.1) is 5.92 Å². The highest BCUT2D eigenvalue weighted by Crippen LogP contribution is 2.34. The van der Waals surface area contributed by atoms with Crippen molar-refractivity contribution >= 4 is 26.7 Å². The highest BCUT2D eigenvalue weighted by Gasteiger charge is 2.17. The number of hydrogen-bond acceptors (Lipinski definition) is 0. The fourth-order valence-electron chi connectivity index (χ4n) is 2.89. The summed E-state index contributed by atoms with van der Waals surface area (Å²) in [7, 11) is 0. The van der Waals surface area contributed by atoms with Crippen LogP contribution in [-0.2, 0) is 6.42 Å². The van der Waals surface area contributed by atoms with E-state index in [2.05, 4.69) is 95.7 Å². The highest BCUT2D eigenvalue weighted by molar-refractivity contribution is 9.09. The minimum atomic E-state index is 0.387. The third-order valence-corrected chi connectivity index (χ3v) is 5.47. The summed E-state index contributed by atoms with van der Waals surface area (Å²) in [6.07, 6.45) is 1.08. The summed E-state index contributed by atoms with van der Waals surface area (Å²) in [5.74, 6) is 0.540. The Balaban J connectivity index is 1.85. The molecule has 0 aromatic heterocycles. The fraction of sp³-hybridized carbons (Fsp3) is 0.200. The van der Waals surface area contributed by atoms with Gasteiger partial charge in [-0.05, 0) is 34.2 Å². The molecule has 0 aliphatic carbocycles. The second kappa shape index (κ2) is 6.44. The molecule has 0 spiro atoms. The van der Waals surface area contributed by atoms with Crippen LogP contribution in [0.3, 0.4) is 0 Å². The molecule has 3 rings (SSSR count). The third-order valence-electron chi connectivity index (χ3n) is 4.04. The lowest BCUT2D eigenvalue weighted by Gasteiger charge is -2.19. The van der Waals surface area contributed by atoms with Gasteiger partial charge in [-0.2, -0.15) is 0 Å². The van der Waals surface area contributed by atoms with Gasteiger partial charge in [0.05, 0.1) is 0 Å². The Labute approximate surface area is 134 Å². The van der Waals surface area contributed by atoms with Crippen LogP contribution in [0.1, 0.15) is 22.9 Å². The van der Waals surface area contributed by atoms with Crippen LogP contribution < -0.4 is 0 Å². The lowest BCUT2D eigenvalue weighted by atomic mass is 9.91. The van der Waals surface area contributed by atoms with Crippen LogP contribution in [0.15, 0.2) is 72.8 Å². The van der Waals surface area contributed by atoms with Gasteiger partial charge in [0, 0.05) is 4.83 Å². The van der Waals surface area contributed by atoms with Crippen molar-refractivity contribution < 1.29 is 0 Å². The molecule has 0 radical (unpaired) electrons. The van der Waals surface area contributed by atoms with Crippen molar-refractivity contribution in [3.8, 4) is 0 Å². The van der Waals surface area contributed by atoms with Gasteiger partial charge in [0.1, 0.15) is 0 Å². The SMILES string of the molecule is CC(Cc1cccc2ccccc12)C(Br)c1ccccc1. The van der Waals surface area contributed by atoms with Gasteiger partial charge in [-0.15, -0.1) is 0 Å². The molecule has 2 unspecified atom stereocenters. The summed E-state index contributed by atoms with van der Waals surface area (Å²) >= 11 is 3.87.